The van der Waals surface area contributed by atoms with Crippen LogP contribution in [0.3, 0.4) is 0 Å². The molecule has 0 bridgehead atoms. The molecule has 0 N–H and O–H groups in total. The molecule has 15 heavy (non-hydrogen) atoms. The van der Waals surface area contributed by atoms with Crippen molar-refractivity contribution in [3.8, 4) is 0 Å². The molecular weight excluding hydrogens is 283 g/mol. The molecule has 0 aliphatic heterocycles. The van der Waals surface area contributed by atoms with Gasteiger partial charge in [-0.1, -0.05) is 0 Å². The van der Waals surface area contributed by atoms with Crippen LogP contribution in [-0.4, -0.2) is 29.0 Å². The van der Waals surface area contributed by atoms with E-state index in [1.807, 2.05) is 0 Å². The molecule has 0 saturated carbocycles. The summed E-state index contributed by atoms with van der Waals surface area (Å²) in [5.74, 6) is -5.71. The van der Waals surface area contributed by atoms with Crippen molar-refractivity contribution in [1.29, 1.82) is 0 Å². The van der Waals surface area contributed by atoms with Crippen LogP contribution in [0.5, 0.6) is 0 Å². The van der Waals surface area contributed by atoms with Crippen LogP contribution >= 0.6 is 23.2 Å². The molecule has 2 atom stereocenters. The summed E-state index contributed by atoms with van der Waals surface area (Å²) in [5, 5.41) is -7.10. The topological polar surface area (TPSA) is 0 Å². The molecule has 0 aliphatic carbocycles. The monoisotopic (exact) mass is 284 g/mol. The Bertz CT molecular complexity index is 218. The Kier molecular flexibility index (Phi) is 4.12. The van der Waals surface area contributed by atoms with Crippen LogP contribution in [-0.2, 0) is 0 Å². The summed E-state index contributed by atoms with van der Waals surface area (Å²) in [6.45, 7) is 0. The van der Waals surface area contributed by atoms with Gasteiger partial charge in [0.1, 0.15) is 5.38 Å². The maximum Gasteiger partial charge on any atom is 0.454 e. The van der Waals surface area contributed by atoms with Crippen molar-refractivity contribution >= 4 is 23.2 Å². The normalized spacial score (nSPS) is 18.8. The van der Waals surface area contributed by atoms with E-state index in [0.717, 1.165) is 0 Å². The first-order chi connectivity index (χ1) is 6.32. The largest absolute Gasteiger partial charge is 0.454 e. The Morgan fingerprint density at radius 3 is 1.20 bits per heavy atom. The zero-order chi connectivity index (χ0) is 12.7. The highest BCUT2D eigenvalue weighted by atomic mass is 35.5. The maximum atomic E-state index is 12.3. The van der Waals surface area contributed by atoms with Crippen LogP contribution in [0.25, 0.3) is 0 Å². The highest BCUT2D eigenvalue weighted by Crippen LogP contribution is 2.45. The van der Waals surface area contributed by atoms with Gasteiger partial charge in [0.2, 0.25) is 0 Å². The third-order valence-corrected chi connectivity index (χ3v) is 2.45. The molecular formula is C5H2Cl2F8. The average Bonchev–Trinajstić information content (AvgIpc) is 1.97. The maximum absolute atomic E-state index is 12.3. The second-order valence-corrected chi connectivity index (χ2v) is 3.41. The van der Waals surface area contributed by atoms with Gasteiger partial charge in [-0.05, 0) is 0 Å². The van der Waals surface area contributed by atoms with Gasteiger partial charge >= 0.3 is 18.3 Å². The van der Waals surface area contributed by atoms with Crippen molar-refractivity contribution in [2.75, 3.05) is 0 Å². The van der Waals surface area contributed by atoms with Crippen LogP contribution in [0, 0.1) is 0 Å². The second kappa shape index (κ2) is 4.12. The predicted octanol–water partition coefficient (Wildman–Crippen LogP) is 3.96. The quantitative estimate of drug-likeness (QED) is 0.532. The van der Waals surface area contributed by atoms with Crippen molar-refractivity contribution in [2.24, 2.45) is 0 Å². The van der Waals surface area contributed by atoms with E-state index in [0.29, 0.717) is 0 Å². The Labute approximate surface area is 88.1 Å². The molecule has 0 radical (unpaired) electrons. The molecule has 0 heterocycles. The van der Waals surface area contributed by atoms with Crippen molar-refractivity contribution in [2.45, 2.75) is 29.0 Å². The van der Waals surface area contributed by atoms with Crippen molar-refractivity contribution in [1.82, 2.24) is 0 Å². The first-order valence-corrected chi connectivity index (χ1v) is 3.98. The molecule has 2 unspecified atom stereocenters. The fourth-order valence-electron chi connectivity index (χ4n) is 0.506. The van der Waals surface area contributed by atoms with Crippen LogP contribution < -0.4 is 0 Å². The summed E-state index contributed by atoms with van der Waals surface area (Å²) in [6, 6.07) is 0. The molecule has 0 nitrogen and oxygen atoms in total. The molecule has 92 valence electrons. The molecule has 0 spiro atoms. The Balaban J connectivity index is 4.94. The van der Waals surface area contributed by atoms with Crippen LogP contribution in [0.15, 0.2) is 0 Å². The molecule has 0 aliphatic rings. The van der Waals surface area contributed by atoms with Gasteiger partial charge in [0.05, 0.1) is 0 Å². The van der Waals surface area contributed by atoms with Crippen molar-refractivity contribution < 1.29 is 35.1 Å². The highest BCUT2D eigenvalue weighted by molar-refractivity contribution is 6.30. The van der Waals surface area contributed by atoms with Crippen molar-refractivity contribution in [3.05, 3.63) is 0 Å². The molecule has 0 aromatic rings. The Morgan fingerprint density at radius 1 is 0.667 bits per heavy atom. The van der Waals surface area contributed by atoms with Gasteiger partial charge in [0.25, 0.3) is 0 Å². The molecule has 0 aromatic carbocycles. The molecule has 0 saturated heterocycles. The van der Waals surface area contributed by atoms with Gasteiger partial charge in [0, 0.05) is 0 Å². The SMILES string of the molecule is FC(F)(F)C(Cl)C(Cl)C(F)(F)C(F)(F)F. The number of halogens is 10. The van der Waals surface area contributed by atoms with E-state index in [2.05, 4.69) is 23.2 Å². The van der Waals surface area contributed by atoms with E-state index in [-0.39, 0.29) is 0 Å². The molecule has 0 rings (SSSR count). The van der Waals surface area contributed by atoms with Crippen molar-refractivity contribution in [3.63, 3.8) is 0 Å². The summed E-state index contributed by atoms with van der Waals surface area (Å²) in [5.41, 5.74) is 0. The summed E-state index contributed by atoms with van der Waals surface area (Å²) in [6.07, 6.45) is -11.6. The average molecular weight is 285 g/mol. The molecule has 0 aromatic heterocycles. The zero-order valence-corrected chi connectivity index (χ0v) is 7.95. The minimum absolute atomic E-state index is 3.49. The predicted molar refractivity (Wildman–Crippen MR) is 36.3 cm³/mol. The minimum atomic E-state index is -6.18. The Hall–Kier alpha value is 0.0200. The summed E-state index contributed by atoms with van der Waals surface area (Å²) >= 11 is 8.73. The molecule has 0 amide bonds. The number of alkyl halides is 10. The van der Waals surface area contributed by atoms with E-state index < -0.39 is 29.0 Å². The van der Waals surface area contributed by atoms with E-state index in [4.69, 9.17) is 0 Å². The molecule has 0 fully saturated rings. The van der Waals surface area contributed by atoms with Crippen LogP contribution in [0.4, 0.5) is 35.1 Å². The lowest BCUT2D eigenvalue weighted by Crippen LogP contribution is -2.51. The second-order valence-electron chi connectivity index (χ2n) is 2.47. The van der Waals surface area contributed by atoms with E-state index >= 15 is 0 Å². The molecule has 10 heteroatoms. The fourth-order valence-corrected chi connectivity index (χ4v) is 0.931. The third-order valence-electron chi connectivity index (χ3n) is 1.29. The van der Waals surface area contributed by atoms with E-state index in [1.54, 1.807) is 0 Å². The fraction of sp³-hybridized carbons (Fsp3) is 1.00. The summed E-state index contributed by atoms with van der Waals surface area (Å²) in [7, 11) is 0. The smallest absolute Gasteiger partial charge is 0.195 e. The number of rotatable bonds is 2. The summed E-state index contributed by atoms with van der Waals surface area (Å²) in [4.78, 5) is 0. The van der Waals surface area contributed by atoms with E-state index in [9.17, 15) is 35.1 Å². The lowest BCUT2D eigenvalue weighted by Gasteiger charge is -2.28. The summed E-state index contributed by atoms with van der Waals surface area (Å²) < 4.78 is 94.3. The minimum Gasteiger partial charge on any atom is -0.195 e. The van der Waals surface area contributed by atoms with Gasteiger partial charge in [-0.15, -0.1) is 23.2 Å². The van der Waals surface area contributed by atoms with Gasteiger partial charge in [-0.3, -0.25) is 0 Å². The van der Waals surface area contributed by atoms with Gasteiger partial charge in [-0.2, -0.15) is 35.1 Å². The third kappa shape index (κ3) is 3.24. The lowest BCUT2D eigenvalue weighted by molar-refractivity contribution is -0.287. The Morgan fingerprint density at radius 2 is 1.00 bits per heavy atom. The number of hydrogen-bond acceptors (Lipinski definition) is 0. The highest BCUT2D eigenvalue weighted by Gasteiger charge is 2.66. The lowest BCUT2D eigenvalue weighted by atomic mass is 10.1. The van der Waals surface area contributed by atoms with Crippen LogP contribution in [0.2, 0.25) is 0 Å². The van der Waals surface area contributed by atoms with Crippen LogP contribution in [0.1, 0.15) is 0 Å². The van der Waals surface area contributed by atoms with E-state index in [1.165, 1.54) is 0 Å². The zero-order valence-electron chi connectivity index (χ0n) is 6.43. The first kappa shape index (κ1) is 15.0. The first-order valence-electron chi connectivity index (χ1n) is 3.11. The standard InChI is InChI=1S/C5H2Cl2F8/c6-1(2(7)4(10,11)12)3(8,9)5(13,14)15/h1-2H. The van der Waals surface area contributed by atoms with Gasteiger partial charge < -0.3 is 0 Å². The van der Waals surface area contributed by atoms with Gasteiger partial charge in [-0.25, -0.2) is 0 Å². The number of hydrogen-bond donors (Lipinski definition) is 0. The van der Waals surface area contributed by atoms with Gasteiger partial charge in [0.15, 0.2) is 5.38 Å².